The zero-order valence-electron chi connectivity index (χ0n) is 13.6. The maximum absolute atomic E-state index is 12.4. The van der Waals surface area contributed by atoms with Crippen LogP contribution in [0.3, 0.4) is 0 Å². The van der Waals surface area contributed by atoms with Crippen molar-refractivity contribution in [1.29, 1.82) is 0 Å². The maximum atomic E-state index is 12.4. The Bertz CT molecular complexity index is 781. The first-order chi connectivity index (χ1) is 11.6. The quantitative estimate of drug-likeness (QED) is 0.907. The number of para-hydroxylation sites is 1. The zero-order chi connectivity index (χ0) is 16.9. The summed E-state index contributed by atoms with van der Waals surface area (Å²) in [6.07, 6.45) is 6.15. The normalized spacial score (nSPS) is 13.7. The van der Waals surface area contributed by atoms with Gasteiger partial charge in [-0.05, 0) is 55.2 Å². The number of hydrogen-bond acceptors (Lipinski definition) is 2. The minimum absolute atomic E-state index is 0.233. The van der Waals surface area contributed by atoms with Crippen molar-refractivity contribution in [3.63, 3.8) is 0 Å². The van der Waals surface area contributed by atoms with E-state index >= 15 is 0 Å². The van der Waals surface area contributed by atoms with Crippen LogP contribution < -0.4 is 10.6 Å². The molecule has 3 rings (SSSR count). The van der Waals surface area contributed by atoms with Gasteiger partial charge in [0.05, 0.1) is 0 Å². The average Bonchev–Trinajstić information content (AvgIpc) is 2.62. The second-order valence-electron chi connectivity index (χ2n) is 5.91. The largest absolute Gasteiger partial charge is 0.341 e. The van der Waals surface area contributed by atoms with E-state index in [-0.39, 0.29) is 11.8 Å². The molecule has 0 aliphatic heterocycles. The van der Waals surface area contributed by atoms with Crippen LogP contribution in [-0.4, -0.2) is 17.9 Å². The average molecular weight is 320 g/mol. The van der Waals surface area contributed by atoms with Gasteiger partial charge in [0.2, 0.25) is 5.91 Å². The molecule has 4 nitrogen and oxygen atoms in total. The van der Waals surface area contributed by atoms with Gasteiger partial charge >= 0.3 is 0 Å². The molecule has 0 heterocycles. The summed E-state index contributed by atoms with van der Waals surface area (Å²) in [6.45, 7) is 1.68. The second kappa shape index (κ2) is 7.13. The van der Waals surface area contributed by atoms with Gasteiger partial charge in [-0.2, -0.15) is 0 Å². The Morgan fingerprint density at radius 1 is 1.08 bits per heavy atom. The first kappa shape index (κ1) is 16.0. The molecule has 2 aromatic rings. The molecular weight excluding hydrogens is 300 g/mol. The number of anilines is 1. The molecule has 2 aromatic carbocycles. The fourth-order valence-electron chi connectivity index (χ4n) is 2.69. The smallest absolute Gasteiger partial charge is 0.251 e. The maximum Gasteiger partial charge on any atom is 0.251 e. The number of aryl methyl sites for hydroxylation is 1. The van der Waals surface area contributed by atoms with Crippen LogP contribution in [0.15, 0.2) is 54.6 Å². The molecule has 0 bridgehead atoms. The predicted molar refractivity (Wildman–Crippen MR) is 95.8 cm³/mol. The van der Waals surface area contributed by atoms with Crippen molar-refractivity contribution in [3.8, 4) is 0 Å². The second-order valence-corrected chi connectivity index (χ2v) is 5.91. The number of carbonyl (C=O) groups is 2. The monoisotopic (exact) mass is 320 g/mol. The number of hydrogen-bond donors (Lipinski definition) is 2. The standard InChI is InChI=1S/C20H20N2O2/c1-14(19(23)22-18-9-3-2-4-10-18)21-20(24)17-12-11-15-7-5-6-8-16(15)13-17/h2-5,7,9-14H,6,8H2,1H3,(H,21,24)(H,22,23)/t14-/m0/s1. The van der Waals surface area contributed by atoms with Crippen LogP contribution in [0.4, 0.5) is 5.69 Å². The molecule has 0 saturated heterocycles. The van der Waals surface area contributed by atoms with E-state index in [9.17, 15) is 9.59 Å². The third kappa shape index (κ3) is 3.71. The van der Waals surface area contributed by atoms with Crippen LogP contribution in [-0.2, 0) is 11.2 Å². The molecule has 0 spiro atoms. The molecule has 2 amide bonds. The highest BCUT2D eigenvalue weighted by atomic mass is 16.2. The van der Waals surface area contributed by atoms with Crippen molar-refractivity contribution in [1.82, 2.24) is 5.32 Å². The van der Waals surface area contributed by atoms with E-state index in [0.717, 1.165) is 18.4 Å². The van der Waals surface area contributed by atoms with E-state index in [1.807, 2.05) is 42.5 Å². The molecule has 24 heavy (non-hydrogen) atoms. The molecule has 4 heteroatoms. The van der Waals surface area contributed by atoms with E-state index in [0.29, 0.717) is 11.3 Å². The van der Waals surface area contributed by atoms with Gasteiger partial charge in [0.15, 0.2) is 0 Å². The van der Waals surface area contributed by atoms with E-state index in [1.165, 1.54) is 5.56 Å². The molecular formula is C20H20N2O2. The molecule has 122 valence electrons. The van der Waals surface area contributed by atoms with Crippen LogP contribution >= 0.6 is 0 Å². The van der Waals surface area contributed by atoms with Crippen molar-refractivity contribution in [2.75, 3.05) is 5.32 Å². The lowest BCUT2D eigenvalue weighted by Gasteiger charge is -2.16. The number of allylic oxidation sites excluding steroid dienone is 1. The Balaban J connectivity index is 1.63. The van der Waals surface area contributed by atoms with E-state index in [1.54, 1.807) is 13.0 Å². The highest BCUT2D eigenvalue weighted by molar-refractivity contribution is 6.01. The van der Waals surface area contributed by atoms with Crippen molar-refractivity contribution in [3.05, 3.63) is 71.3 Å². The van der Waals surface area contributed by atoms with Crippen LogP contribution in [0.2, 0.25) is 0 Å². The van der Waals surface area contributed by atoms with E-state index in [2.05, 4.69) is 22.8 Å². The highest BCUT2D eigenvalue weighted by Gasteiger charge is 2.17. The van der Waals surface area contributed by atoms with Gasteiger partial charge in [-0.3, -0.25) is 9.59 Å². The number of nitrogens with one attached hydrogen (secondary N) is 2. The molecule has 1 atom stereocenters. The Morgan fingerprint density at radius 2 is 1.88 bits per heavy atom. The van der Waals surface area contributed by atoms with Crippen LogP contribution in [0.25, 0.3) is 6.08 Å². The summed E-state index contributed by atoms with van der Waals surface area (Å²) < 4.78 is 0. The third-order valence-corrected chi connectivity index (χ3v) is 4.07. The van der Waals surface area contributed by atoms with Gasteiger partial charge in [-0.15, -0.1) is 0 Å². The van der Waals surface area contributed by atoms with Crippen LogP contribution in [0.5, 0.6) is 0 Å². The Morgan fingerprint density at radius 3 is 2.67 bits per heavy atom. The number of fused-ring (bicyclic) bond motifs is 1. The van der Waals surface area contributed by atoms with Crippen molar-refractivity contribution in [2.24, 2.45) is 0 Å². The summed E-state index contributed by atoms with van der Waals surface area (Å²) in [5.41, 5.74) is 3.63. The topological polar surface area (TPSA) is 58.2 Å². The summed E-state index contributed by atoms with van der Waals surface area (Å²) in [7, 11) is 0. The first-order valence-electron chi connectivity index (χ1n) is 8.10. The molecule has 1 aliphatic carbocycles. The minimum Gasteiger partial charge on any atom is -0.341 e. The first-order valence-corrected chi connectivity index (χ1v) is 8.10. The number of carbonyl (C=O) groups excluding carboxylic acids is 2. The predicted octanol–water partition coefficient (Wildman–Crippen LogP) is 3.40. The minimum atomic E-state index is -0.617. The molecule has 2 N–H and O–H groups in total. The summed E-state index contributed by atoms with van der Waals surface area (Å²) in [5.74, 6) is -0.474. The van der Waals surface area contributed by atoms with Crippen molar-refractivity contribution < 1.29 is 9.59 Å². The lowest BCUT2D eigenvalue weighted by Crippen LogP contribution is -2.41. The van der Waals surface area contributed by atoms with E-state index < -0.39 is 6.04 Å². The molecule has 1 aliphatic rings. The number of rotatable bonds is 4. The fourth-order valence-corrected chi connectivity index (χ4v) is 2.69. The SMILES string of the molecule is C[C@H](NC(=O)c1ccc2c(c1)CCC=C2)C(=O)Nc1ccccc1. The molecule has 0 radical (unpaired) electrons. The molecule has 0 fully saturated rings. The number of benzene rings is 2. The summed E-state index contributed by atoms with van der Waals surface area (Å²) in [4.78, 5) is 24.6. The third-order valence-electron chi connectivity index (χ3n) is 4.07. The molecule has 0 unspecified atom stereocenters. The fraction of sp³-hybridized carbons (Fsp3) is 0.200. The highest BCUT2D eigenvalue weighted by Crippen LogP contribution is 2.20. The Labute approximate surface area is 141 Å². The van der Waals surface area contributed by atoms with Gasteiger partial charge in [-0.1, -0.05) is 36.4 Å². The van der Waals surface area contributed by atoms with E-state index in [4.69, 9.17) is 0 Å². The van der Waals surface area contributed by atoms with Gasteiger partial charge in [0.1, 0.15) is 6.04 Å². The van der Waals surface area contributed by atoms with Crippen LogP contribution in [0.1, 0.15) is 34.8 Å². The Hall–Kier alpha value is -2.88. The van der Waals surface area contributed by atoms with Gasteiger partial charge in [0.25, 0.3) is 5.91 Å². The molecule has 0 saturated carbocycles. The summed E-state index contributed by atoms with van der Waals surface area (Å²) in [6, 6.07) is 14.2. The zero-order valence-corrected chi connectivity index (χ0v) is 13.6. The van der Waals surface area contributed by atoms with Crippen molar-refractivity contribution >= 4 is 23.6 Å². The van der Waals surface area contributed by atoms with Gasteiger partial charge in [-0.25, -0.2) is 0 Å². The molecule has 0 aromatic heterocycles. The lowest BCUT2D eigenvalue weighted by atomic mass is 9.95. The van der Waals surface area contributed by atoms with Gasteiger partial charge < -0.3 is 10.6 Å². The summed E-state index contributed by atoms with van der Waals surface area (Å²) >= 11 is 0. The lowest BCUT2D eigenvalue weighted by molar-refractivity contribution is -0.117. The van der Waals surface area contributed by atoms with Crippen molar-refractivity contribution in [2.45, 2.75) is 25.8 Å². The van der Waals surface area contributed by atoms with Crippen LogP contribution in [0, 0.1) is 0 Å². The van der Waals surface area contributed by atoms with Gasteiger partial charge in [0, 0.05) is 11.3 Å². The Kier molecular flexibility index (Phi) is 4.75. The number of amides is 2. The summed E-state index contributed by atoms with van der Waals surface area (Å²) in [5, 5.41) is 5.54.